The van der Waals surface area contributed by atoms with Gasteiger partial charge in [0, 0.05) is 0 Å². The first-order valence-corrected chi connectivity index (χ1v) is 8.86. The summed E-state index contributed by atoms with van der Waals surface area (Å²) in [6.07, 6.45) is 0. The van der Waals surface area contributed by atoms with E-state index in [2.05, 4.69) is 25.9 Å². The second kappa shape index (κ2) is 6.07. The largest absolute Gasteiger partial charge is 0.276 e. The average molecular weight is 373 g/mol. The van der Waals surface area contributed by atoms with Crippen LogP contribution in [0.15, 0.2) is 50.2 Å². The number of benzene rings is 1. The molecule has 7 heteroatoms. The molecule has 0 unspecified atom stereocenters. The van der Waals surface area contributed by atoms with Gasteiger partial charge in [0.15, 0.2) is 0 Å². The summed E-state index contributed by atoms with van der Waals surface area (Å²) in [5.41, 5.74) is 1.63. The average Bonchev–Trinajstić information content (AvgIpc) is 2.83. The van der Waals surface area contributed by atoms with E-state index in [9.17, 15) is 8.42 Å². The molecular weight excluding hydrogens is 360 g/mol. The Morgan fingerprint density at radius 3 is 2.40 bits per heavy atom. The fraction of sp³-hybridized carbons (Fsp3) is 0.154. The Hall–Kier alpha value is -1.18. The van der Waals surface area contributed by atoms with Crippen LogP contribution in [0, 0.1) is 6.92 Å². The zero-order valence-electron chi connectivity index (χ0n) is 10.9. The summed E-state index contributed by atoms with van der Waals surface area (Å²) in [6.45, 7) is 3.66. The van der Waals surface area contributed by atoms with Crippen molar-refractivity contribution in [2.24, 2.45) is 5.10 Å². The molecule has 0 saturated heterocycles. The Labute approximate surface area is 130 Å². The number of nitrogens with zero attached hydrogens (tertiary/aromatic N) is 1. The standard InChI is InChI=1S/C13H13BrN2O2S2/c1-9-3-5-11(6-4-9)20(17,18)16-15-10(2)12-7-8-13(14)19-12/h3-8,16H,1-2H3/b15-10+. The molecule has 2 aromatic rings. The number of hydrogen-bond donors (Lipinski definition) is 1. The lowest BCUT2D eigenvalue weighted by molar-refractivity contribution is 0.584. The molecule has 0 spiro atoms. The zero-order valence-corrected chi connectivity index (χ0v) is 14.1. The van der Waals surface area contributed by atoms with E-state index in [1.54, 1.807) is 31.2 Å². The van der Waals surface area contributed by atoms with Crippen LogP contribution in [0.25, 0.3) is 0 Å². The summed E-state index contributed by atoms with van der Waals surface area (Å²) in [4.78, 5) is 3.36. The lowest BCUT2D eigenvalue weighted by Gasteiger charge is -2.04. The molecule has 106 valence electrons. The number of sulfonamides is 1. The van der Waals surface area contributed by atoms with E-state index in [0.29, 0.717) is 5.71 Å². The van der Waals surface area contributed by atoms with Gasteiger partial charge in [-0.2, -0.15) is 18.4 Å². The molecule has 0 bridgehead atoms. The maximum Gasteiger partial charge on any atom is 0.276 e. The maximum absolute atomic E-state index is 12.1. The van der Waals surface area contributed by atoms with Crippen LogP contribution in [0.4, 0.5) is 0 Å². The van der Waals surface area contributed by atoms with Crippen LogP contribution >= 0.6 is 27.3 Å². The molecule has 2 rings (SSSR count). The third-order valence-electron chi connectivity index (χ3n) is 2.59. The number of hydrogen-bond acceptors (Lipinski definition) is 4. The molecule has 1 aromatic heterocycles. The Balaban J connectivity index is 2.18. The van der Waals surface area contributed by atoms with Crippen LogP contribution in [0.2, 0.25) is 0 Å². The van der Waals surface area contributed by atoms with Crippen LogP contribution in [0.5, 0.6) is 0 Å². The maximum atomic E-state index is 12.1. The van der Waals surface area contributed by atoms with E-state index in [-0.39, 0.29) is 4.90 Å². The predicted octanol–water partition coefficient (Wildman–Crippen LogP) is 3.52. The quantitative estimate of drug-likeness (QED) is 0.659. The van der Waals surface area contributed by atoms with E-state index in [1.807, 2.05) is 19.1 Å². The van der Waals surface area contributed by atoms with E-state index in [4.69, 9.17) is 0 Å². The summed E-state index contributed by atoms with van der Waals surface area (Å²) >= 11 is 4.85. The van der Waals surface area contributed by atoms with E-state index in [0.717, 1.165) is 14.2 Å². The molecule has 0 radical (unpaired) electrons. The van der Waals surface area contributed by atoms with Crippen molar-refractivity contribution in [2.45, 2.75) is 18.7 Å². The lowest BCUT2D eigenvalue weighted by atomic mass is 10.2. The molecule has 1 aromatic carbocycles. The van der Waals surface area contributed by atoms with Gasteiger partial charge in [-0.1, -0.05) is 17.7 Å². The van der Waals surface area contributed by atoms with Gasteiger partial charge in [-0.25, -0.2) is 0 Å². The number of hydrazone groups is 1. The minimum absolute atomic E-state index is 0.201. The number of nitrogens with one attached hydrogen (secondary N) is 1. The molecule has 1 heterocycles. The van der Waals surface area contributed by atoms with E-state index >= 15 is 0 Å². The third kappa shape index (κ3) is 3.68. The van der Waals surface area contributed by atoms with Gasteiger partial charge in [0.25, 0.3) is 10.0 Å². The molecule has 0 aliphatic heterocycles. The minimum atomic E-state index is -3.62. The molecule has 0 aliphatic rings. The lowest BCUT2D eigenvalue weighted by Crippen LogP contribution is -2.19. The summed E-state index contributed by atoms with van der Waals surface area (Å²) < 4.78 is 25.1. The number of thiophene rings is 1. The van der Waals surface area contributed by atoms with Crippen molar-refractivity contribution in [1.29, 1.82) is 0 Å². The second-order valence-electron chi connectivity index (χ2n) is 4.21. The van der Waals surface area contributed by atoms with Crippen LogP contribution in [0.3, 0.4) is 0 Å². The minimum Gasteiger partial charge on any atom is -0.200 e. The molecule has 0 amide bonds. The van der Waals surface area contributed by atoms with Crippen LogP contribution in [0.1, 0.15) is 17.4 Å². The molecule has 0 atom stereocenters. The van der Waals surface area contributed by atoms with Crippen molar-refractivity contribution < 1.29 is 8.42 Å². The smallest absolute Gasteiger partial charge is 0.200 e. The Bertz CT molecular complexity index is 734. The molecule has 20 heavy (non-hydrogen) atoms. The van der Waals surface area contributed by atoms with Gasteiger partial charge >= 0.3 is 0 Å². The highest BCUT2D eigenvalue weighted by Crippen LogP contribution is 2.22. The fourth-order valence-electron chi connectivity index (χ4n) is 1.46. The number of halogens is 1. The molecule has 4 nitrogen and oxygen atoms in total. The highest BCUT2D eigenvalue weighted by atomic mass is 79.9. The van der Waals surface area contributed by atoms with Crippen LogP contribution in [-0.4, -0.2) is 14.1 Å². The van der Waals surface area contributed by atoms with Gasteiger partial charge in [0.2, 0.25) is 0 Å². The van der Waals surface area contributed by atoms with Crippen molar-refractivity contribution in [3.8, 4) is 0 Å². The number of rotatable bonds is 4. The van der Waals surface area contributed by atoms with Crippen molar-refractivity contribution >= 4 is 43.0 Å². The Morgan fingerprint density at radius 1 is 1.20 bits per heavy atom. The normalized spacial score (nSPS) is 12.4. The molecule has 0 aliphatic carbocycles. The van der Waals surface area contributed by atoms with E-state index in [1.165, 1.54) is 11.3 Å². The first kappa shape index (κ1) is 15.2. The van der Waals surface area contributed by atoms with E-state index < -0.39 is 10.0 Å². The fourth-order valence-corrected chi connectivity index (χ4v) is 3.65. The Morgan fingerprint density at radius 2 is 1.85 bits per heavy atom. The highest BCUT2D eigenvalue weighted by Gasteiger charge is 2.12. The van der Waals surface area contributed by atoms with Crippen LogP contribution < -0.4 is 4.83 Å². The van der Waals surface area contributed by atoms with Gasteiger partial charge < -0.3 is 0 Å². The molecule has 0 saturated carbocycles. The second-order valence-corrected chi connectivity index (χ2v) is 8.33. The van der Waals surface area contributed by atoms with Crippen molar-refractivity contribution in [2.75, 3.05) is 0 Å². The summed E-state index contributed by atoms with van der Waals surface area (Å²) in [7, 11) is -3.62. The zero-order chi connectivity index (χ0) is 14.8. The van der Waals surface area contributed by atoms with Crippen molar-refractivity contribution in [3.05, 3.63) is 50.6 Å². The first-order chi connectivity index (χ1) is 9.38. The first-order valence-electron chi connectivity index (χ1n) is 5.77. The molecule has 1 N–H and O–H groups in total. The molecule has 0 fully saturated rings. The van der Waals surface area contributed by atoms with Gasteiger partial charge in [-0.3, -0.25) is 0 Å². The van der Waals surface area contributed by atoms with Gasteiger partial charge in [-0.15, -0.1) is 11.3 Å². The topological polar surface area (TPSA) is 58.5 Å². The summed E-state index contributed by atoms with van der Waals surface area (Å²) in [5.74, 6) is 0. The Kier molecular flexibility index (Phi) is 4.62. The predicted molar refractivity (Wildman–Crippen MR) is 85.7 cm³/mol. The molecular formula is C13H13BrN2O2S2. The summed E-state index contributed by atoms with van der Waals surface area (Å²) in [6, 6.07) is 10.4. The van der Waals surface area contributed by atoms with Crippen molar-refractivity contribution in [1.82, 2.24) is 4.83 Å². The monoisotopic (exact) mass is 372 g/mol. The van der Waals surface area contributed by atoms with Crippen LogP contribution in [-0.2, 0) is 10.0 Å². The third-order valence-corrected chi connectivity index (χ3v) is 5.55. The highest BCUT2D eigenvalue weighted by molar-refractivity contribution is 9.11. The van der Waals surface area contributed by atoms with Crippen molar-refractivity contribution in [3.63, 3.8) is 0 Å². The number of aryl methyl sites for hydroxylation is 1. The summed E-state index contributed by atoms with van der Waals surface area (Å²) in [5, 5.41) is 3.95. The van der Waals surface area contributed by atoms with Gasteiger partial charge in [0.05, 0.1) is 19.3 Å². The van der Waals surface area contributed by atoms with Gasteiger partial charge in [-0.05, 0) is 54.0 Å². The SMILES string of the molecule is C/C(=N\NS(=O)(=O)c1ccc(C)cc1)c1ccc(Br)s1. The van der Waals surface area contributed by atoms with Gasteiger partial charge in [0.1, 0.15) is 0 Å².